The maximum Gasteiger partial charge on any atom is 0.322 e. The van der Waals surface area contributed by atoms with Gasteiger partial charge >= 0.3 is 6.03 Å². The van der Waals surface area contributed by atoms with E-state index >= 15 is 0 Å². The van der Waals surface area contributed by atoms with E-state index < -0.39 is 0 Å². The van der Waals surface area contributed by atoms with Crippen molar-refractivity contribution in [2.24, 2.45) is 0 Å². The van der Waals surface area contributed by atoms with Gasteiger partial charge in [0.2, 0.25) is 0 Å². The Bertz CT molecular complexity index is 1220. The van der Waals surface area contributed by atoms with Gasteiger partial charge < -0.3 is 19.5 Å². The molecule has 32 heavy (non-hydrogen) atoms. The van der Waals surface area contributed by atoms with E-state index in [1.54, 1.807) is 0 Å². The van der Waals surface area contributed by atoms with Gasteiger partial charge in [0.15, 0.2) is 0 Å². The number of aromatic nitrogens is 1. The number of hydrogen-bond acceptors (Lipinski definition) is 2. The summed E-state index contributed by atoms with van der Waals surface area (Å²) < 4.78 is 7.82. The van der Waals surface area contributed by atoms with Crippen molar-refractivity contribution >= 4 is 11.7 Å². The minimum Gasteiger partial charge on any atom is -0.494 e. The summed E-state index contributed by atoms with van der Waals surface area (Å²) in [6, 6.07) is 29.6. The number of nitrogens with one attached hydrogen (secondary N) is 1. The molecule has 0 saturated heterocycles. The maximum atomic E-state index is 13.6. The summed E-state index contributed by atoms with van der Waals surface area (Å²) in [6.45, 7) is 3.08. The zero-order valence-electron chi connectivity index (χ0n) is 17.9. The highest BCUT2D eigenvalue weighted by Crippen LogP contribution is 2.37. The average molecular weight is 424 g/mol. The molecule has 5 nitrogen and oxygen atoms in total. The van der Waals surface area contributed by atoms with E-state index in [0.717, 1.165) is 33.9 Å². The van der Waals surface area contributed by atoms with Crippen molar-refractivity contribution < 1.29 is 9.53 Å². The number of carbonyl (C=O) groups is 1. The molecular formula is C27H25N3O2. The predicted octanol–water partition coefficient (Wildman–Crippen LogP) is 6.01. The molecule has 1 N–H and O–H groups in total. The van der Waals surface area contributed by atoms with Crippen LogP contribution in [0.3, 0.4) is 0 Å². The molecule has 0 unspecified atom stereocenters. The molecule has 3 aromatic carbocycles. The first-order valence-electron chi connectivity index (χ1n) is 10.9. The van der Waals surface area contributed by atoms with Crippen LogP contribution in [0, 0.1) is 0 Å². The fraction of sp³-hybridized carbons (Fsp3) is 0.148. The molecule has 0 saturated carbocycles. The van der Waals surface area contributed by atoms with Crippen molar-refractivity contribution in [1.29, 1.82) is 0 Å². The van der Waals surface area contributed by atoms with Gasteiger partial charge in [-0.15, -0.1) is 0 Å². The molecule has 1 aliphatic rings. The second-order valence-corrected chi connectivity index (χ2v) is 7.76. The van der Waals surface area contributed by atoms with Gasteiger partial charge in [-0.2, -0.15) is 0 Å². The van der Waals surface area contributed by atoms with Crippen molar-refractivity contribution in [2.45, 2.75) is 19.5 Å². The van der Waals surface area contributed by atoms with Crippen molar-refractivity contribution in [2.75, 3.05) is 11.9 Å². The fourth-order valence-corrected chi connectivity index (χ4v) is 4.32. The second-order valence-electron chi connectivity index (χ2n) is 7.76. The molecule has 1 aliphatic heterocycles. The Hall–Kier alpha value is -3.99. The lowest BCUT2D eigenvalue weighted by atomic mass is 10.0. The number of hydrogen-bond donors (Lipinski definition) is 1. The Labute approximate surface area is 187 Å². The van der Waals surface area contributed by atoms with Gasteiger partial charge in [-0.05, 0) is 60.5 Å². The van der Waals surface area contributed by atoms with E-state index in [4.69, 9.17) is 4.74 Å². The standard InChI is InChI=1S/C27H25N3O2/c1-2-32-23-16-14-20(15-17-23)26-25-13-8-18-29(25)24-12-7-6-9-21(24)19-30(26)27(31)28-22-10-4-3-5-11-22/h3-18,26H,2,19H2,1H3,(H,28,31)/t26-/m1/s1. The van der Waals surface area contributed by atoms with Crippen LogP contribution in [0.5, 0.6) is 5.75 Å². The number of rotatable bonds is 4. The zero-order chi connectivity index (χ0) is 21.9. The molecule has 160 valence electrons. The molecule has 0 bridgehead atoms. The van der Waals surface area contributed by atoms with E-state index in [2.05, 4.69) is 34.3 Å². The van der Waals surface area contributed by atoms with E-state index in [9.17, 15) is 4.79 Å². The lowest BCUT2D eigenvalue weighted by Gasteiger charge is -2.31. The van der Waals surface area contributed by atoms with Crippen LogP contribution in [-0.2, 0) is 6.54 Å². The Morgan fingerprint density at radius 2 is 1.69 bits per heavy atom. The molecule has 1 aromatic heterocycles. The molecule has 2 amide bonds. The quantitative estimate of drug-likeness (QED) is 0.437. The number of fused-ring (bicyclic) bond motifs is 3. The predicted molar refractivity (Wildman–Crippen MR) is 126 cm³/mol. The van der Waals surface area contributed by atoms with Crippen LogP contribution >= 0.6 is 0 Å². The van der Waals surface area contributed by atoms with Gasteiger partial charge in [0.05, 0.1) is 24.9 Å². The molecule has 0 spiro atoms. The smallest absolute Gasteiger partial charge is 0.322 e. The average Bonchev–Trinajstić information content (AvgIpc) is 3.25. The Morgan fingerprint density at radius 1 is 0.938 bits per heavy atom. The van der Waals surface area contributed by atoms with E-state index in [0.29, 0.717) is 13.2 Å². The van der Waals surface area contributed by atoms with Gasteiger partial charge in [0.1, 0.15) is 5.75 Å². The van der Waals surface area contributed by atoms with Gasteiger partial charge in [0.25, 0.3) is 0 Å². The van der Waals surface area contributed by atoms with Crippen LogP contribution in [0.4, 0.5) is 10.5 Å². The third-order valence-electron chi connectivity index (χ3n) is 5.76. The van der Waals surface area contributed by atoms with Crippen LogP contribution in [0.2, 0.25) is 0 Å². The molecule has 4 aromatic rings. The van der Waals surface area contributed by atoms with E-state index in [1.165, 1.54) is 0 Å². The van der Waals surface area contributed by atoms with Crippen molar-refractivity contribution in [1.82, 2.24) is 9.47 Å². The summed E-state index contributed by atoms with van der Waals surface area (Å²) in [4.78, 5) is 15.5. The Kier molecular flexibility index (Phi) is 5.38. The molecular weight excluding hydrogens is 398 g/mol. The largest absolute Gasteiger partial charge is 0.494 e. The summed E-state index contributed by atoms with van der Waals surface area (Å²) in [6.07, 6.45) is 2.06. The number of ether oxygens (including phenoxy) is 1. The first-order valence-corrected chi connectivity index (χ1v) is 10.9. The molecule has 0 aliphatic carbocycles. The molecule has 5 heteroatoms. The number of urea groups is 1. The third kappa shape index (κ3) is 3.73. The first kappa shape index (κ1) is 19.9. The van der Waals surface area contributed by atoms with Crippen LogP contribution in [0.15, 0.2) is 97.2 Å². The number of carbonyl (C=O) groups excluding carboxylic acids is 1. The summed E-state index contributed by atoms with van der Waals surface area (Å²) in [5, 5.41) is 3.08. The normalized spacial score (nSPS) is 14.8. The van der Waals surface area contributed by atoms with Crippen LogP contribution in [-0.4, -0.2) is 22.1 Å². The number of anilines is 1. The summed E-state index contributed by atoms with van der Waals surface area (Å²) >= 11 is 0. The highest BCUT2D eigenvalue weighted by molar-refractivity contribution is 5.90. The molecule has 2 heterocycles. The highest BCUT2D eigenvalue weighted by Gasteiger charge is 2.33. The zero-order valence-corrected chi connectivity index (χ0v) is 17.9. The van der Waals surface area contributed by atoms with Gasteiger partial charge in [-0.25, -0.2) is 4.79 Å². The molecule has 1 atom stereocenters. The maximum absolute atomic E-state index is 13.6. The first-order chi connectivity index (χ1) is 15.7. The summed E-state index contributed by atoms with van der Waals surface area (Å²) in [5.41, 5.74) is 5.04. The van der Waals surface area contributed by atoms with E-state index in [-0.39, 0.29) is 12.1 Å². The number of amides is 2. The van der Waals surface area contributed by atoms with Crippen LogP contribution in [0.25, 0.3) is 5.69 Å². The summed E-state index contributed by atoms with van der Waals surface area (Å²) in [7, 11) is 0. The van der Waals surface area contributed by atoms with E-state index in [1.807, 2.05) is 84.6 Å². The molecule has 0 fully saturated rings. The summed E-state index contributed by atoms with van der Waals surface area (Å²) in [5.74, 6) is 0.823. The second kappa shape index (κ2) is 8.63. The van der Waals surface area contributed by atoms with Crippen LogP contribution < -0.4 is 10.1 Å². The molecule has 0 radical (unpaired) electrons. The lowest BCUT2D eigenvalue weighted by molar-refractivity contribution is 0.194. The number of para-hydroxylation sites is 2. The monoisotopic (exact) mass is 423 g/mol. The fourth-order valence-electron chi connectivity index (χ4n) is 4.32. The van der Waals surface area contributed by atoms with Crippen molar-refractivity contribution in [3.8, 4) is 11.4 Å². The van der Waals surface area contributed by atoms with Crippen LogP contribution in [0.1, 0.15) is 29.8 Å². The Morgan fingerprint density at radius 3 is 2.47 bits per heavy atom. The number of nitrogens with zero attached hydrogens (tertiary/aromatic N) is 2. The van der Waals surface area contributed by atoms with Gasteiger partial charge in [-0.3, -0.25) is 0 Å². The van der Waals surface area contributed by atoms with Gasteiger partial charge in [0, 0.05) is 17.6 Å². The SMILES string of the molecule is CCOc1ccc([C@@H]2c3cccn3-c3ccccc3CN2C(=O)Nc2ccccc2)cc1. The third-order valence-corrected chi connectivity index (χ3v) is 5.76. The van der Waals surface area contributed by atoms with Crippen molar-refractivity contribution in [3.05, 3.63) is 114 Å². The number of benzene rings is 3. The van der Waals surface area contributed by atoms with Gasteiger partial charge in [-0.1, -0.05) is 48.5 Å². The lowest BCUT2D eigenvalue weighted by Crippen LogP contribution is -2.37. The highest BCUT2D eigenvalue weighted by atomic mass is 16.5. The topological polar surface area (TPSA) is 46.5 Å². The Balaban J connectivity index is 1.60. The minimum absolute atomic E-state index is 0.139. The minimum atomic E-state index is -0.253. The van der Waals surface area contributed by atoms with Crippen molar-refractivity contribution in [3.63, 3.8) is 0 Å². The molecule has 5 rings (SSSR count).